The molecule has 6 nitrogen and oxygen atoms in total. The summed E-state index contributed by atoms with van der Waals surface area (Å²) in [5, 5.41) is 30.8. The number of phenols is 3. The molecule has 0 spiro atoms. The van der Waals surface area contributed by atoms with Crippen LogP contribution in [0.25, 0.3) is 0 Å². The molecule has 3 rings (SSSR count). The topological polar surface area (TPSA) is 96.2 Å². The number of ketones is 1. The minimum Gasteiger partial charge on any atom is -0.508 e. The molecule has 0 bridgehead atoms. The lowest BCUT2D eigenvalue weighted by Crippen LogP contribution is -2.23. The van der Waals surface area contributed by atoms with Gasteiger partial charge in [0.25, 0.3) is 0 Å². The SMILES string of the molecule is C=C(C)C(CC=C(C)C)Cc1c(O)cc(O)c2c1O[C@H](c1ccc(O)cc1OC)CC2=O. The first kappa shape index (κ1) is 23.3. The molecule has 3 N–H and O–H groups in total. The van der Waals surface area contributed by atoms with Gasteiger partial charge in [0.05, 0.1) is 13.5 Å². The first-order valence-corrected chi connectivity index (χ1v) is 10.6. The minimum atomic E-state index is -0.688. The monoisotopic (exact) mass is 438 g/mol. The van der Waals surface area contributed by atoms with Gasteiger partial charge in [-0.2, -0.15) is 0 Å². The third-order valence-electron chi connectivity index (χ3n) is 5.77. The molecule has 1 aliphatic heterocycles. The maximum Gasteiger partial charge on any atom is 0.174 e. The van der Waals surface area contributed by atoms with Crippen molar-refractivity contribution in [3.05, 3.63) is 64.8 Å². The Labute approximate surface area is 188 Å². The van der Waals surface area contributed by atoms with Crippen molar-refractivity contribution < 1.29 is 29.6 Å². The van der Waals surface area contributed by atoms with Crippen LogP contribution in [0.1, 0.15) is 61.2 Å². The van der Waals surface area contributed by atoms with Crippen LogP contribution in [0.15, 0.2) is 48.1 Å². The van der Waals surface area contributed by atoms with Crippen molar-refractivity contribution >= 4 is 5.78 Å². The van der Waals surface area contributed by atoms with Crippen molar-refractivity contribution in [1.29, 1.82) is 0 Å². The molecule has 0 saturated heterocycles. The van der Waals surface area contributed by atoms with Gasteiger partial charge >= 0.3 is 0 Å². The predicted octanol–water partition coefficient (Wildman–Crippen LogP) is 5.61. The summed E-state index contributed by atoms with van der Waals surface area (Å²) in [6.45, 7) is 10.1. The highest BCUT2D eigenvalue weighted by atomic mass is 16.5. The summed E-state index contributed by atoms with van der Waals surface area (Å²) >= 11 is 0. The first-order chi connectivity index (χ1) is 15.1. The number of benzene rings is 2. The highest BCUT2D eigenvalue weighted by Gasteiger charge is 2.35. The molecule has 0 aliphatic carbocycles. The van der Waals surface area contributed by atoms with E-state index in [9.17, 15) is 20.1 Å². The molecule has 1 unspecified atom stereocenters. The number of allylic oxidation sites excluding steroid dienone is 3. The largest absolute Gasteiger partial charge is 0.508 e. The number of methoxy groups -OCH3 is 1. The second-order valence-electron chi connectivity index (χ2n) is 8.52. The summed E-state index contributed by atoms with van der Waals surface area (Å²) in [4.78, 5) is 13.0. The molecular weight excluding hydrogens is 408 g/mol. The molecule has 0 saturated carbocycles. The van der Waals surface area contributed by atoms with Crippen LogP contribution in [0.2, 0.25) is 0 Å². The molecule has 0 aromatic heterocycles. The molecule has 2 aromatic carbocycles. The van der Waals surface area contributed by atoms with Crippen molar-refractivity contribution in [3.63, 3.8) is 0 Å². The second-order valence-corrected chi connectivity index (χ2v) is 8.52. The lowest BCUT2D eigenvalue weighted by atomic mass is 9.86. The fraction of sp³-hybridized carbons (Fsp3) is 0.346. The highest BCUT2D eigenvalue weighted by Crippen LogP contribution is 2.47. The van der Waals surface area contributed by atoms with Gasteiger partial charge in [-0.15, -0.1) is 0 Å². The third-order valence-corrected chi connectivity index (χ3v) is 5.77. The Bertz CT molecular complexity index is 1080. The van der Waals surface area contributed by atoms with Crippen LogP contribution in [0.4, 0.5) is 0 Å². The van der Waals surface area contributed by atoms with Crippen LogP contribution in [-0.2, 0) is 6.42 Å². The van der Waals surface area contributed by atoms with E-state index in [4.69, 9.17) is 9.47 Å². The molecular formula is C26H30O6. The Hall–Kier alpha value is -3.41. The van der Waals surface area contributed by atoms with Gasteiger partial charge < -0.3 is 24.8 Å². The van der Waals surface area contributed by atoms with Gasteiger partial charge in [0, 0.05) is 23.3 Å². The van der Waals surface area contributed by atoms with Crippen molar-refractivity contribution in [2.24, 2.45) is 5.92 Å². The number of Topliss-reactive ketones (excluding diaryl/α,β-unsaturated/α-hetero) is 1. The quantitative estimate of drug-likeness (QED) is 0.486. The Kier molecular flexibility index (Phi) is 6.82. The minimum absolute atomic E-state index is 0.00636. The number of hydrogen-bond acceptors (Lipinski definition) is 6. The lowest BCUT2D eigenvalue weighted by molar-refractivity contribution is 0.0838. The maximum atomic E-state index is 13.0. The Morgan fingerprint density at radius 1 is 1.22 bits per heavy atom. The number of rotatable bonds is 7. The van der Waals surface area contributed by atoms with E-state index in [1.807, 2.05) is 20.8 Å². The second kappa shape index (κ2) is 9.39. The number of hydrogen-bond donors (Lipinski definition) is 3. The summed E-state index contributed by atoms with van der Waals surface area (Å²) < 4.78 is 11.6. The molecule has 2 atom stereocenters. The van der Waals surface area contributed by atoms with E-state index in [0.29, 0.717) is 23.3 Å². The molecule has 1 heterocycles. The molecule has 0 amide bonds. The Balaban J connectivity index is 2.07. The van der Waals surface area contributed by atoms with Crippen molar-refractivity contribution in [3.8, 4) is 28.7 Å². The van der Waals surface area contributed by atoms with Crippen molar-refractivity contribution in [1.82, 2.24) is 0 Å². The summed E-state index contributed by atoms with van der Waals surface area (Å²) in [6, 6.07) is 5.80. The average Bonchev–Trinajstić information content (AvgIpc) is 2.71. The van der Waals surface area contributed by atoms with Crippen LogP contribution in [-0.4, -0.2) is 28.2 Å². The van der Waals surface area contributed by atoms with Gasteiger partial charge in [-0.25, -0.2) is 0 Å². The van der Waals surface area contributed by atoms with E-state index in [0.717, 1.165) is 12.0 Å². The Morgan fingerprint density at radius 2 is 1.94 bits per heavy atom. The van der Waals surface area contributed by atoms with Gasteiger partial charge in [0.1, 0.15) is 40.4 Å². The third kappa shape index (κ3) is 4.74. The smallest absolute Gasteiger partial charge is 0.174 e. The maximum absolute atomic E-state index is 13.0. The van der Waals surface area contributed by atoms with E-state index in [1.54, 1.807) is 6.07 Å². The van der Waals surface area contributed by atoms with Crippen molar-refractivity contribution in [2.75, 3.05) is 7.11 Å². The molecule has 1 aliphatic rings. The zero-order chi connectivity index (χ0) is 23.6. The van der Waals surface area contributed by atoms with E-state index in [2.05, 4.69) is 12.7 Å². The summed E-state index contributed by atoms with van der Waals surface area (Å²) in [5.74, 6) is -0.0991. The number of carbonyl (C=O) groups is 1. The fourth-order valence-corrected chi connectivity index (χ4v) is 3.95. The standard InChI is InChI=1S/C26H30O6/c1-14(2)6-7-16(15(3)4)10-19-20(28)12-21(29)25-22(30)13-24(32-26(19)25)18-9-8-17(27)11-23(18)31-5/h6,8-9,11-12,16,24,27-29H,3,7,10,13H2,1-2,4-5H3/t16?,24-/m0/s1. The molecule has 0 fully saturated rings. The van der Waals surface area contributed by atoms with Gasteiger partial charge in [0.15, 0.2) is 5.78 Å². The van der Waals surface area contributed by atoms with Crippen molar-refractivity contribution in [2.45, 2.75) is 46.1 Å². The van der Waals surface area contributed by atoms with Gasteiger partial charge in [-0.1, -0.05) is 23.8 Å². The summed E-state index contributed by atoms with van der Waals surface area (Å²) in [7, 11) is 1.47. The van der Waals surface area contributed by atoms with Gasteiger partial charge in [0.2, 0.25) is 0 Å². The number of aromatic hydroxyl groups is 3. The predicted molar refractivity (Wildman–Crippen MR) is 123 cm³/mol. The highest BCUT2D eigenvalue weighted by molar-refractivity contribution is 6.03. The Morgan fingerprint density at radius 3 is 2.56 bits per heavy atom. The van der Waals surface area contributed by atoms with E-state index in [1.165, 1.54) is 30.9 Å². The van der Waals surface area contributed by atoms with E-state index in [-0.39, 0.29) is 46.7 Å². The van der Waals surface area contributed by atoms with Crippen LogP contribution in [0.5, 0.6) is 28.7 Å². The lowest BCUT2D eigenvalue weighted by Gasteiger charge is -2.30. The van der Waals surface area contributed by atoms with Crippen LogP contribution < -0.4 is 9.47 Å². The molecule has 32 heavy (non-hydrogen) atoms. The molecule has 170 valence electrons. The molecule has 2 aromatic rings. The van der Waals surface area contributed by atoms with Gasteiger partial charge in [-0.3, -0.25) is 4.79 Å². The summed E-state index contributed by atoms with van der Waals surface area (Å²) in [5.41, 5.74) is 3.26. The first-order valence-electron chi connectivity index (χ1n) is 10.6. The average molecular weight is 439 g/mol. The normalized spacial score (nSPS) is 16.0. The van der Waals surface area contributed by atoms with Gasteiger partial charge in [-0.05, 0) is 51.7 Å². The van der Waals surface area contributed by atoms with E-state index >= 15 is 0 Å². The van der Waals surface area contributed by atoms with Crippen LogP contribution in [0.3, 0.4) is 0 Å². The van der Waals surface area contributed by atoms with E-state index < -0.39 is 6.10 Å². The number of phenolic OH excluding ortho intramolecular Hbond substituents is 3. The fourth-order valence-electron chi connectivity index (χ4n) is 3.95. The summed E-state index contributed by atoms with van der Waals surface area (Å²) in [6.07, 6.45) is 2.55. The number of fused-ring (bicyclic) bond motifs is 1. The van der Waals surface area contributed by atoms with Crippen LogP contribution >= 0.6 is 0 Å². The molecule has 0 radical (unpaired) electrons. The zero-order valence-corrected chi connectivity index (χ0v) is 18.9. The zero-order valence-electron chi connectivity index (χ0n) is 18.9. The molecule has 6 heteroatoms. The van der Waals surface area contributed by atoms with Crippen LogP contribution in [0, 0.1) is 5.92 Å². The number of ether oxygens (including phenoxy) is 2. The number of carbonyl (C=O) groups excluding carboxylic acids is 1.